The first-order chi connectivity index (χ1) is 22.5. The first-order valence-electron chi connectivity index (χ1n) is 17.4. The van der Waals surface area contributed by atoms with Gasteiger partial charge in [0.1, 0.15) is 0 Å². The number of ketones is 1. The molecule has 1 N–H and O–H groups in total. The first kappa shape index (κ1) is 35.7. The van der Waals surface area contributed by atoms with Crippen molar-refractivity contribution in [2.45, 2.75) is 92.5 Å². The van der Waals surface area contributed by atoms with Gasteiger partial charge < -0.3 is 14.6 Å². The van der Waals surface area contributed by atoms with Crippen LogP contribution in [0.1, 0.15) is 123 Å². The average Bonchev–Trinajstić information content (AvgIpc) is 3.36. The van der Waals surface area contributed by atoms with E-state index >= 15 is 0 Å². The lowest BCUT2D eigenvalue weighted by Gasteiger charge is -2.22. The minimum atomic E-state index is -0.177. The van der Waals surface area contributed by atoms with Crippen LogP contribution in [-0.4, -0.2) is 22.9 Å². The van der Waals surface area contributed by atoms with Crippen LogP contribution in [0.25, 0.3) is 0 Å². The first-order valence-corrected chi connectivity index (χ1v) is 17.4. The Morgan fingerprint density at radius 3 is 1.77 bits per heavy atom. The highest BCUT2D eigenvalue weighted by atomic mass is 16.5. The lowest BCUT2D eigenvalue weighted by molar-refractivity contribution is -0.143. The van der Waals surface area contributed by atoms with Gasteiger partial charge in [-0.25, -0.2) is 0 Å². The molecule has 0 spiro atoms. The van der Waals surface area contributed by atoms with Crippen molar-refractivity contribution in [1.29, 1.82) is 0 Å². The van der Waals surface area contributed by atoms with Gasteiger partial charge in [0, 0.05) is 41.7 Å². The van der Waals surface area contributed by atoms with E-state index < -0.39 is 0 Å². The van der Waals surface area contributed by atoms with Gasteiger partial charge in [-0.3, -0.25) is 9.59 Å². The molecule has 0 saturated heterocycles. The van der Waals surface area contributed by atoms with E-state index in [1.807, 2.05) is 44.3 Å². The van der Waals surface area contributed by atoms with Crippen LogP contribution >= 0.6 is 0 Å². The van der Waals surface area contributed by atoms with Crippen LogP contribution in [0, 0.1) is 11.8 Å². The van der Waals surface area contributed by atoms with Gasteiger partial charge >= 0.3 is 5.97 Å². The fourth-order valence-corrected chi connectivity index (χ4v) is 6.47. The maximum Gasteiger partial charge on any atom is 0.305 e. The number of carbonyl (C=O) groups is 2. The summed E-state index contributed by atoms with van der Waals surface area (Å²) in [4.78, 5) is 25.7. The van der Waals surface area contributed by atoms with Crippen molar-refractivity contribution in [2.75, 3.05) is 11.9 Å². The summed E-state index contributed by atoms with van der Waals surface area (Å²) in [6, 6.07) is 27.8. The largest absolute Gasteiger partial charge is 0.466 e. The van der Waals surface area contributed by atoms with Crippen LogP contribution in [0.4, 0.5) is 5.69 Å². The summed E-state index contributed by atoms with van der Waals surface area (Å²) in [6.07, 6.45) is 3.90. The minimum Gasteiger partial charge on any atom is -0.466 e. The van der Waals surface area contributed by atoms with Crippen LogP contribution in [0.5, 0.6) is 0 Å². The molecule has 1 aromatic heterocycles. The third-order valence-electron chi connectivity index (χ3n) is 8.66. The summed E-state index contributed by atoms with van der Waals surface area (Å²) >= 11 is 0. The number of benzene rings is 3. The van der Waals surface area contributed by atoms with Gasteiger partial charge in [-0.2, -0.15) is 0 Å². The monoisotopic (exact) mass is 634 g/mol. The van der Waals surface area contributed by atoms with Crippen molar-refractivity contribution in [2.24, 2.45) is 18.9 Å². The standard InChI is InChI=1S/C42H54N2O3/c1-9-47-39(45)12-10-11-37-27-38(41(30(6)7)44(37)8)42(46)35-21-23-36(24-22-35)43-40(33-17-13-31(14-18-33)25-28(2)3)34-19-15-32(16-20-34)26-29(4)5/h13-24,27-30,40,43H,9-12,25-26H2,1-8H3. The molecule has 47 heavy (non-hydrogen) atoms. The van der Waals surface area contributed by atoms with Gasteiger partial charge in [0.15, 0.2) is 5.78 Å². The van der Waals surface area contributed by atoms with Crippen molar-refractivity contribution >= 4 is 17.4 Å². The van der Waals surface area contributed by atoms with Crippen LogP contribution in [0.2, 0.25) is 0 Å². The Morgan fingerprint density at radius 2 is 1.30 bits per heavy atom. The van der Waals surface area contributed by atoms with E-state index in [9.17, 15) is 9.59 Å². The Kier molecular flexibility index (Phi) is 12.6. The number of anilines is 1. The summed E-state index contributed by atoms with van der Waals surface area (Å²) in [6.45, 7) is 15.5. The molecule has 0 radical (unpaired) electrons. The molecule has 5 heteroatoms. The minimum absolute atomic E-state index is 0.0190. The van der Waals surface area contributed by atoms with Gasteiger partial charge in [-0.1, -0.05) is 90.1 Å². The third kappa shape index (κ3) is 9.70. The molecule has 0 unspecified atom stereocenters. The molecule has 0 fully saturated rings. The highest BCUT2D eigenvalue weighted by molar-refractivity contribution is 6.10. The van der Waals surface area contributed by atoms with E-state index in [4.69, 9.17) is 4.74 Å². The number of aromatic nitrogens is 1. The molecule has 0 bridgehead atoms. The van der Waals surface area contributed by atoms with Crippen molar-refractivity contribution in [3.63, 3.8) is 0 Å². The molecule has 0 saturated carbocycles. The fraction of sp³-hybridized carbons (Fsp3) is 0.429. The van der Waals surface area contributed by atoms with Gasteiger partial charge in [-0.15, -0.1) is 0 Å². The number of nitrogens with one attached hydrogen (secondary N) is 1. The highest BCUT2D eigenvalue weighted by Crippen LogP contribution is 2.30. The molecular formula is C42H54N2O3. The Bertz CT molecular complexity index is 1540. The fourth-order valence-electron chi connectivity index (χ4n) is 6.47. The lowest BCUT2D eigenvalue weighted by atomic mass is 9.93. The molecule has 0 aliphatic heterocycles. The van der Waals surface area contributed by atoms with Gasteiger partial charge in [-0.05, 0) is 103 Å². The maximum atomic E-state index is 13.9. The predicted molar refractivity (Wildman–Crippen MR) is 194 cm³/mol. The molecule has 0 aliphatic carbocycles. The van der Waals surface area contributed by atoms with Gasteiger partial charge in [0.2, 0.25) is 0 Å². The van der Waals surface area contributed by atoms with Crippen LogP contribution in [0.15, 0.2) is 78.9 Å². The summed E-state index contributed by atoms with van der Waals surface area (Å²) in [5.74, 6) is 1.24. The molecule has 0 aliphatic rings. The summed E-state index contributed by atoms with van der Waals surface area (Å²) < 4.78 is 7.21. The van der Waals surface area contributed by atoms with Crippen LogP contribution in [-0.2, 0) is 35.8 Å². The van der Waals surface area contributed by atoms with E-state index in [1.54, 1.807) is 0 Å². The zero-order chi connectivity index (χ0) is 34.1. The Balaban J connectivity index is 1.57. The van der Waals surface area contributed by atoms with Gasteiger partial charge in [0.05, 0.1) is 12.6 Å². The highest BCUT2D eigenvalue weighted by Gasteiger charge is 2.22. The van der Waals surface area contributed by atoms with E-state index in [1.165, 1.54) is 22.3 Å². The number of carbonyl (C=O) groups excluding carboxylic acids is 2. The van der Waals surface area contributed by atoms with E-state index in [0.29, 0.717) is 43.3 Å². The van der Waals surface area contributed by atoms with Crippen molar-refractivity contribution in [1.82, 2.24) is 4.57 Å². The number of hydrogen-bond donors (Lipinski definition) is 1. The predicted octanol–water partition coefficient (Wildman–Crippen LogP) is 9.86. The second-order valence-electron chi connectivity index (χ2n) is 14.0. The number of hydrogen-bond acceptors (Lipinski definition) is 4. The second-order valence-corrected chi connectivity index (χ2v) is 14.0. The average molecular weight is 635 g/mol. The van der Waals surface area contributed by atoms with E-state index in [0.717, 1.165) is 35.5 Å². The normalized spacial score (nSPS) is 11.6. The summed E-state index contributed by atoms with van der Waals surface area (Å²) in [7, 11) is 2.02. The smallest absolute Gasteiger partial charge is 0.305 e. The number of rotatable bonds is 16. The molecule has 3 aromatic carbocycles. The number of aryl methyl sites for hydroxylation is 1. The molecule has 5 nitrogen and oxygen atoms in total. The molecule has 4 rings (SSSR count). The molecular weight excluding hydrogens is 580 g/mol. The lowest BCUT2D eigenvalue weighted by Crippen LogP contribution is -2.13. The Hall–Kier alpha value is -4.12. The summed E-state index contributed by atoms with van der Waals surface area (Å²) in [5.41, 5.74) is 9.53. The topological polar surface area (TPSA) is 60.3 Å². The zero-order valence-electron chi connectivity index (χ0n) is 29.7. The molecule has 1 heterocycles. The molecule has 250 valence electrons. The van der Waals surface area contributed by atoms with Gasteiger partial charge in [0.25, 0.3) is 0 Å². The molecule has 0 amide bonds. The van der Waals surface area contributed by atoms with Crippen molar-refractivity contribution in [3.05, 3.63) is 124 Å². The van der Waals surface area contributed by atoms with Crippen LogP contribution < -0.4 is 5.32 Å². The zero-order valence-corrected chi connectivity index (χ0v) is 29.7. The Labute approximate surface area is 282 Å². The number of ether oxygens (including phenoxy) is 1. The third-order valence-corrected chi connectivity index (χ3v) is 8.66. The van der Waals surface area contributed by atoms with E-state index in [2.05, 4.69) is 100.0 Å². The number of esters is 1. The Morgan fingerprint density at radius 1 is 0.766 bits per heavy atom. The van der Waals surface area contributed by atoms with Crippen molar-refractivity contribution < 1.29 is 14.3 Å². The second kappa shape index (κ2) is 16.6. The number of nitrogens with zero attached hydrogens (tertiary/aromatic N) is 1. The SMILES string of the molecule is CCOC(=O)CCCc1cc(C(=O)c2ccc(NC(c3ccc(CC(C)C)cc3)c3ccc(CC(C)C)cc3)cc2)c(C(C)C)n1C. The molecule has 4 aromatic rings. The molecule has 0 atom stereocenters. The maximum absolute atomic E-state index is 13.9. The van der Waals surface area contributed by atoms with E-state index in [-0.39, 0.29) is 23.7 Å². The van der Waals surface area contributed by atoms with Crippen LogP contribution in [0.3, 0.4) is 0 Å². The van der Waals surface area contributed by atoms with Crippen molar-refractivity contribution in [3.8, 4) is 0 Å². The summed E-state index contributed by atoms with van der Waals surface area (Å²) in [5, 5.41) is 3.77. The quantitative estimate of drug-likeness (QED) is 0.0985.